The van der Waals surface area contributed by atoms with Crippen LogP contribution in [0.5, 0.6) is 0 Å². The van der Waals surface area contributed by atoms with Crippen LogP contribution in [0.3, 0.4) is 0 Å². The average Bonchev–Trinajstić information content (AvgIpc) is 2.59. The van der Waals surface area contributed by atoms with Crippen LogP contribution in [-0.2, 0) is 6.54 Å². The number of guanidine groups is 1. The summed E-state index contributed by atoms with van der Waals surface area (Å²) in [6.07, 6.45) is 1.48. The van der Waals surface area contributed by atoms with Gasteiger partial charge in [-0.1, -0.05) is 36.4 Å². The van der Waals surface area contributed by atoms with Gasteiger partial charge < -0.3 is 15.3 Å². The van der Waals surface area contributed by atoms with Crippen LogP contribution >= 0.6 is 0 Å². The van der Waals surface area contributed by atoms with Crippen molar-refractivity contribution in [2.24, 2.45) is 4.99 Å². The Balaban J connectivity index is 1.73. The number of hydrogen-bond acceptors (Lipinski definition) is 2. The van der Waals surface area contributed by atoms with E-state index in [9.17, 15) is 5.11 Å². The van der Waals surface area contributed by atoms with E-state index in [0.29, 0.717) is 6.54 Å². The summed E-state index contributed by atoms with van der Waals surface area (Å²) in [5.74, 6) is 0.951. The fraction of sp³-hybridized carbons (Fsp3) is 0.421. The maximum atomic E-state index is 9.66. The van der Waals surface area contributed by atoms with Crippen LogP contribution in [0, 0.1) is 0 Å². The molecule has 1 heterocycles. The second-order valence-electron chi connectivity index (χ2n) is 6.07. The van der Waals surface area contributed by atoms with E-state index in [1.54, 1.807) is 0 Å². The van der Waals surface area contributed by atoms with Crippen molar-refractivity contribution in [3.8, 4) is 0 Å². The summed E-state index contributed by atoms with van der Waals surface area (Å²) in [6.45, 7) is 5.35. The third-order valence-corrected chi connectivity index (χ3v) is 4.32. The Hall–Kier alpha value is -2.07. The monoisotopic (exact) mass is 311 g/mol. The number of nitrogens with one attached hydrogen (secondary N) is 1. The highest BCUT2D eigenvalue weighted by Gasteiger charge is 2.19. The van der Waals surface area contributed by atoms with Crippen LogP contribution in [-0.4, -0.2) is 41.7 Å². The quantitative estimate of drug-likeness (QED) is 0.677. The van der Waals surface area contributed by atoms with Crippen molar-refractivity contribution >= 4 is 16.7 Å². The minimum absolute atomic E-state index is 0.158. The average molecular weight is 311 g/mol. The van der Waals surface area contributed by atoms with Gasteiger partial charge >= 0.3 is 0 Å². The Morgan fingerprint density at radius 3 is 2.65 bits per heavy atom. The highest BCUT2D eigenvalue weighted by molar-refractivity contribution is 5.83. The van der Waals surface area contributed by atoms with Gasteiger partial charge in [0.2, 0.25) is 0 Å². The summed E-state index contributed by atoms with van der Waals surface area (Å²) in [6, 6.07) is 14.9. The number of aliphatic hydroxyl groups excluding tert-OH is 1. The van der Waals surface area contributed by atoms with E-state index in [2.05, 4.69) is 59.6 Å². The minimum Gasteiger partial charge on any atom is -0.393 e. The van der Waals surface area contributed by atoms with E-state index in [0.717, 1.165) is 38.4 Å². The smallest absolute Gasteiger partial charge is 0.194 e. The number of likely N-dealkylation sites (tertiary alicyclic amines) is 1. The molecule has 1 aliphatic heterocycles. The van der Waals surface area contributed by atoms with Gasteiger partial charge in [-0.25, -0.2) is 4.99 Å². The summed E-state index contributed by atoms with van der Waals surface area (Å²) in [5.41, 5.74) is 1.22. The van der Waals surface area contributed by atoms with Gasteiger partial charge in [-0.3, -0.25) is 0 Å². The Kier molecular flexibility index (Phi) is 5.13. The molecular formula is C19H25N3O. The molecule has 1 saturated heterocycles. The number of hydrogen-bond donors (Lipinski definition) is 2. The van der Waals surface area contributed by atoms with Crippen LogP contribution in [0.15, 0.2) is 47.5 Å². The summed E-state index contributed by atoms with van der Waals surface area (Å²) < 4.78 is 0. The second kappa shape index (κ2) is 7.47. The fourth-order valence-corrected chi connectivity index (χ4v) is 3.01. The van der Waals surface area contributed by atoms with Gasteiger partial charge in [0.25, 0.3) is 0 Å². The molecule has 0 atom stereocenters. The molecule has 2 N–H and O–H groups in total. The van der Waals surface area contributed by atoms with E-state index in [1.807, 2.05) is 0 Å². The number of fused-ring (bicyclic) bond motifs is 1. The van der Waals surface area contributed by atoms with Crippen molar-refractivity contribution in [1.82, 2.24) is 10.2 Å². The first kappa shape index (κ1) is 15.8. The van der Waals surface area contributed by atoms with Crippen LogP contribution in [0.2, 0.25) is 0 Å². The molecule has 122 valence electrons. The molecule has 0 aliphatic carbocycles. The summed E-state index contributed by atoms with van der Waals surface area (Å²) >= 11 is 0. The maximum Gasteiger partial charge on any atom is 0.194 e. The highest BCUT2D eigenvalue weighted by Crippen LogP contribution is 2.16. The Morgan fingerprint density at radius 1 is 1.17 bits per heavy atom. The topological polar surface area (TPSA) is 47.9 Å². The van der Waals surface area contributed by atoms with Gasteiger partial charge in [0.1, 0.15) is 0 Å². The molecule has 2 aromatic rings. The van der Waals surface area contributed by atoms with Crippen LogP contribution in [0.25, 0.3) is 10.8 Å². The molecule has 1 fully saturated rings. The van der Waals surface area contributed by atoms with Gasteiger partial charge in [-0.05, 0) is 42.2 Å². The van der Waals surface area contributed by atoms with Crippen molar-refractivity contribution in [1.29, 1.82) is 0 Å². The van der Waals surface area contributed by atoms with Crippen molar-refractivity contribution in [2.75, 3.05) is 19.6 Å². The van der Waals surface area contributed by atoms with Gasteiger partial charge in [-0.2, -0.15) is 0 Å². The third kappa shape index (κ3) is 4.02. The predicted molar refractivity (Wildman–Crippen MR) is 95.6 cm³/mol. The standard InChI is InChI=1S/C19H25N3O/c1-2-20-19(22-11-9-18(23)10-12-22)21-14-15-7-8-16-5-3-4-6-17(16)13-15/h3-8,13,18,23H,2,9-12,14H2,1H3,(H,20,21). The summed E-state index contributed by atoms with van der Waals surface area (Å²) in [4.78, 5) is 7.04. The summed E-state index contributed by atoms with van der Waals surface area (Å²) in [5, 5.41) is 15.5. The van der Waals surface area contributed by atoms with Crippen molar-refractivity contribution in [3.05, 3.63) is 48.0 Å². The molecule has 2 aromatic carbocycles. The molecule has 0 unspecified atom stereocenters. The number of aliphatic imine (C=N–C) groups is 1. The van der Waals surface area contributed by atoms with Gasteiger partial charge in [0.05, 0.1) is 12.6 Å². The zero-order valence-corrected chi connectivity index (χ0v) is 13.7. The predicted octanol–water partition coefficient (Wildman–Crippen LogP) is 2.76. The number of benzene rings is 2. The van der Waals surface area contributed by atoms with Crippen molar-refractivity contribution in [3.63, 3.8) is 0 Å². The lowest BCUT2D eigenvalue weighted by molar-refractivity contribution is 0.108. The number of aliphatic hydroxyl groups is 1. The van der Waals surface area contributed by atoms with Crippen LogP contribution < -0.4 is 5.32 Å². The fourth-order valence-electron chi connectivity index (χ4n) is 3.01. The number of rotatable bonds is 3. The molecule has 23 heavy (non-hydrogen) atoms. The summed E-state index contributed by atoms with van der Waals surface area (Å²) in [7, 11) is 0. The van der Waals surface area contributed by atoms with Crippen molar-refractivity contribution in [2.45, 2.75) is 32.4 Å². The Labute approximate surface area is 137 Å². The molecule has 0 saturated carbocycles. The zero-order valence-electron chi connectivity index (χ0n) is 13.7. The molecule has 0 spiro atoms. The first-order chi connectivity index (χ1) is 11.3. The van der Waals surface area contributed by atoms with E-state index < -0.39 is 0 Å². The lowest BCUT2D eigenvalue weighted by Crippen LogP contribution is -2.46. The Morgan fingerprint density at radius 2 is 1.91 bits per heavy atom. The van der Waals surface area contributed by atoms with Crippen LogP contribution in [0.4, 0.5) is 0 Å². The number of nitrogens with zero attached hydrogens (tertiary/aromatic N) is 2. The van der Waals surface area contributed by atoms with Gasteiger partial charge in [0.15, 0.2) is 5.96 Å². The highest BCUT2D eigenvalue weighted by atomic mass is 16.3. The molecule has 0 bridgehead atoms. The molecule has 0 radical (unpaired) electrons. The molecule has 3 rings (SSSR count). The molecule has 4 nitrogen and oxygen atoms in total. The lowest BCUT2D eigenvalue weighted by atomic mass is 10.1. The van der Waals surface area contributed by atoms with Crippen LogP contribution in [0.1, 0.15) is 25.3 Å². The molecule has 4 heteroatoms. The largest absolute Gasteiger partial charge is 0.393 e. The Bertz CT molecular complexity index is 675. The lowest BCUT2D eigenvalue weighted by Gasteiger charge is -2.32. The molecule has 1 aliphatic rings. The van der Waals surface area contributed by atoms with E-state index >= 15 is 0 Å². The second-order valence-corrected chi connectivity index (χ2v) is 6.07. The third-order valence-electron chi connectivity index (χ3n) is 4.32. The first-order valence-corrected chi connectivity index (χ1v) is 8.45. The zero-order chi connectivity index (χ0) is 16.1. The first-order valence-electron chi connectivity index (χ1n) is 8.45. The van der Waals surface area contributed by atoms with Gasteiger partial charge in [0, 0.05) is 19.6 Å². The van der Waals surface area contributed by atoms with Crippen molar-refractivity contribution < 1.29 is 5.11 Å². The molecule has 0 amide bonds. The van der Waals surface area contributed by atoms with E-state index in [4.69, 9.17) is 4.99 Å². The van der Waals surface area contributed by atoms with E-state index in [-0.39, 0.29) is 6.10 Å². The molecule has 0 aromatic heterocycles. The SMILES string of the molecule is CCNC(=NCc1ccc2ccccc2c1)N1CCC(O)CC1. The minimum atomic E-state index is -0.158. The van der Waals surface area contributed by atoms with E-state index in [1.165, 1.54) is 16.3 Å². The van der Waals surface area contributed by atoms with Gasteiger partial charge in [-0.15, -0.1) is 0 Å². The molecular weight excluding hydrogens is 286 g/mol. The normalized spacial score (nSPS) is 16.8. The number of piperidine rings is 1. The maximum absolute atomic E-state index is 9.66.